The van der Waals surface area contributed by atoms with Gasteiger partial charge in [-0.25, -0.2) is 0 Å². The van der Waals surface area contributed by atoms with Crippen molar-refractivity contribution in [3.63, 3.8) is 0 Å². The zero-order chi connectivity index (χ0) is 18.2. The first-order chi connectivity index (χ1) is 11.1. The Morgan fingerprint density at radius 1 is 0.625 bits per heavy atom. The summed E-state index contributed by atoms with van der Waals surface area (Å²) in [5, 5.41) is 0. The third-order valence-corrected chi connectivity index (χ3v) is 6.87. The third-order valence-electron chi connectivity index (χ3n) is 6.87. The van der Waals surface area contributed by atoms with Gasteiger partial charge >= 0.3 is 0 Å². The maximum absolute atomic E-state index is 2.41. The Hall–Kier alpha value is 0. The molecule has 0 N–H and O–H groups in total. The molecule has 0 spiro atoms. The summed E-state index contributed by atoms with van der Waals surface area (Å²) >= 11 is 0. The molecule has 2 saturated carbocycles. The predicted octanol–water partition coefficient (Wildman–Crippen LogP) is 8.64. The van der Waals surface area contributed by atoms with Crippen LogP contribution in [0.5, 0.6) is 0 Å². The van der Waals surface area contributed by atoms with Crippen LogP contribution in [0.2, 0.25) is 0 Å². The molecule has 0 heteroatoms. The van der Waals surface area contributed by atoms with E-state index >= 15 is 0 Å². The summed E-state index contributed by atoms with van der Waals surface area (Å²) in [6.07, 6.45) is 17.7. The van der Waals surface area contributed by atoms with E-state index in [1.165, 1.54) is 77.0 Å². The molecule has 0 bridgehead atoms. The molecule has 0 saturated heterocycles. The van der Waals surface area contributed by atoms with Gasteiger partial charge < -0.3 is 0 Å². The molecule has 2 fully saturated rings. The van der Waals surface area contributed by atoms with Gasteiger partial charge in [0.05, 0.1) is 0 Å². The van der Waals surface area contributed by atoms with Crippen LogP contribution in [0.15, 0.2) is 0 Å². The van der Waals surface area contributed by atoms with E-state index in [-0.39, 0.29) is 0 Å². The molecule has 0 aliphatic heterocycles. The van der Waals surface area contributed by atoms with Crippen molar-refractivity contribution >= 4 is 0 Å². The number of rotatable bonds is 3. The lowest BCUT2D eigenvalue weighted by Gasteiger charge is -2.37. The fourth-order valence-electron chi connectivity index (χ4n) is 4.78. The molecule has 0 nitrogen and oxygen atoms in total. The lowest BCUT2D eigenvalue weighted by molar-refractivity contribution is 0.145. The van der Waals surface area contributed by atoms with Crippen LogP contribution in [-0.4, -0.2) is 0 Å². The fourth-order valence-corrected chi connectivity index (χ4v) is 4.78. The van der Waals surface area contributed by atoms with Crippen molar-refractivity contribution in [1.82, 2.24) is 0 Å². The zero-order valence-corrected chi connectivity index (χ0v) is 18.2. The van der Waals surface area contributed by atoms with Crippen LogP contribution in [0, 0.1) is 28.6 Å². The van der Waals surface area contributed by atoms with Crippen LogP contribution in [0.1, 0.15) is 126 Å². The molecule has 0 aromatic heterocycles. The van der Waals surface area contributed by atoms with Gasteiger partial charge in [-0.3, -0.25) is 0 Å². The average molecular weight is 337 g/mol. The molecule has 0 atom stereocenters. The van der Waals surface area contributed by atoms with Gasteiger partial charge in [-0.1, -0.05) is 99.8 Å². The monoisotopic (exact) mass is 336 g/mol. The van der Waals surface area contributed by atoms with E-state index in [1.54, 1.807) is 0 Å². The van der Waals surface area contributed by atoms with E-state index in [4.69, 9.17) is 0 Å². The highest BCUT2D eigenvalue weighted by Gasteiger charge is 2.29. The van der Waals surface area contributed by atoms with E-state index in [1.807, 2.05) is 0 Å². The molecule has 0 heterocycles. The number of hydrogen-bond acceptors (Lipinski definition) is 0. The molecule has 0 aromatic rings. The second kappa shape index (κ2) is 10.2. The molecular weight excluding hydrogens is 288 g/mol. The molecule has 0 amide bonds. The zero-order valence-electron chi connectivity index (χ0n) is 18.2. The first-order valence-corrected chi connectivity index (χ1v) is 11.1. The SMILES string of the molecule is CC(C)(C)C1CCCCC1.CCCCC1CCC(C(C)(C)C)CC1. The van der Waals surface area contributed by atoms with E-state index in [9.17, 15) is 0 Å². The fraction of sp³-hybridized carbons (Fsp3) is 1.00. The van der Waals surface area contributed by atoms with E-state index < -0.39 is 0 Å². The molecule has 0 aromatic carbocycles. The Bertz CT molecular complexity index is 300. The van der Waals surface area contributed by atoms with Gasteiger partial charge in [-0.2, -0.15) is 0 Å². The summed E-state index contributed by atoms with van der Waals surface area (Å²) in [4.78, 5) is 0. The second-order valence-electron chi connectivity index (χ2n) is 10.9. The highest BCUT2D eigenvalue weighted by Crippen LogP contribution is 2.41. The summed E-state index contributed by atoms with van der Waals surface area (Å²) in [6.45, 7) is 16.7. The molecule has 2 rings (SSSR count). The van der Waals surface area contributed by atoms with Crippen molar-refractivity contribution in [2.75, 3.05) is 0 Å². The van der Waals surface area contributed by atoms with Crippen molar-refractivity contribution in [2.24, 2.45) is 28.6 Å². The summed E-state index contributed by atoms with van der Waals surface area (Å²) < 4.78 is 0. The van der Waals surface area contributed by atoms with Crippen LogP contribution in [0.4, 0.5) is 0 Å². The molecule has 24 heavy (non-hydrogen) atoms. The van der Waals surface area contributed by atoms with Crippen LogP contribution in [-0.2, 0) is 0 Å². The van der Waals surface area contributed by atoms with Crippen molar-refractivity contribution in [3.8, 4) is 0 Å². The lowest BCUT2D eigenvalue weighted by Crippen LogP contribution is -2.25. The first-order valence-electron chi connectivity index (χ1n) is 11.1. The highest BCUT2D eigenvalue weighted by molar-refractivity contribution is 4.80. The summed E-state index contributed by atoms with van der Waals surface area (Å²) in [5.74, 6) is 3.05. The van der Waals surface area contributed by atoms with E-state index in [2.05, 4.69) is 48.5 Å². The van der Waals surface area contributed by atoms with Crippen molar-refractivity contribution in [3.05, 3.63) is 0 Å². The van der Waals surface area contributed by atoms with Gasteiger partial charge in [0.15, 0.2) is 0 Å². The summed E-state index contributed by atoms with van der Waals surface area (Å²) in [6, 6.07) is 0. The first kappa shape index (κ1) is 22.0. The molecule has 2 aliphatic carbocycles. The lowest BCUT2D eigenvalue weighted by atomic mass is 9.69. The second-order valence-corrected chi connectivity index (χ2v) is 10.9. The van der Waals surface area contributed by atoms with Crippen LogP contribution in [0.25, 0.3) is 0 Å². The number of unbranched alkanes of at least 4 members (excludes halogenated alkanes) is 1. The Labute approximate surface area is 154 Å². The molecule has 144 valence electrons. The molecule has 0 radical (unpaired) electrons. The van der Waals surface area contributed by atoms with Gasteiger partial charge in [0, 0.05) is 0 Å². The quantitative estimate of drug-likeness (QED) is 0.483. The van der Waals surface area contributed by atoms with Gasteiger partial charge in [0.1, 0.15) is 0 Å². The highest BCUT2D eigenvalue weighted by atomic mass is 14.3. The molecule has 0 unspecified atom stereocenters. The smallest absolute Gasteiger partial charge is 0.0354 e. The van der Waals surface area contributed by atoms with Crippen LogP contribution in [0.3, 0.4) is 0 Å². The maximum atomic E-state index is 2.41. The predicted molar refractivity (Wildman–Crippen MR) is 110 cm³/mol. The number of hydrogen-bond donors (Lipinski definition) is 0. The van der Waals surface area contributed by atoms with Gasteiger partial charge in [0.25, 0.3) is 0 Å². The van der Waals surface area contributed by atoms with Crippen molar-refractivity contribution in [1.29, 1.82) is 0 Å². The normalized spacial score (nSPS) is 26.6. The largest absolute Gasteiger partial charge is 0.0654 e. The minimum atomic E-state index is 0.551. The van der Waals surface area contributed by atoms with Gasteiger partial charge in [-0.05, 0) is 54.3 Å². The summed E-state index contributed by atoms with van der Waals surface area (Å²) in [5.41, 5.74) is 1.12. The van der Waals surface area contributed by atoms with Crippen molar-refractivity contribution < 1.29 is 0 Å². The van der Waals surface area contributed by atoms with Gasteiger partial charge in [0.2, 0.25) is 0 Å². The standard InChI is InChI=1S/C14H28.C10H20/c1-5-6-7-12-8-10-13(11-9-12)14(2,3)4;1-10(2,3)9-7-5-4-6-8-9/h12-13H,5-11H2,1-4H3;9H,4-8H2,1-3H3. The van der Waals surface area contributed by atoms with Gasteiger partial charge in [-0.15, -0.1) is 0 Å². The Balaban J connectivity index is 0.000000254. The molecule has 2 aliphatic rings. The van der Waals surface area contributed by atoms with Crippen LogP contribution < -0.4 is 0 Å². The minimum Gasteiger partial charge on any atom is -0.0654 e. The van der Waals surface area contributed by atoms with Crippen molar-refractivity contribution in [2.45, 2.75) is 126 Å². The van der Waals surface area contributed by atoms with E-state index in [0.29, 0.717) is 10.8 Å². The maximum Gasteiger partial charge on any atom is -0.0354 e. The van der Waals surface area contributed by atoms with Crippen LogP contribution >= 0.6 is 0 Å². The Kier molecular flexibility index (Phi) is 9.39. The summed E-state index contributed by atoms with van der Waals surface area (Å²) in [7, 11) is 0. The molecular formula is C24H48. The van der Waals surface area contributed by atoms with E-state index in [0.717, 1.165) is 17.8 Å². The Morgan fingerprint density at radius 2 is 1.08 bits per heavy atom. The third kappa shape index (κ3) is 8.39. The Morgan fingerprint density at radius 3 is 1.46 bits per heavy atom. The average Bonchev–Trinajstić information content (AvgIpc) is 2.53. The minimum absolute atomic E-state index is 0.551. The topological polar surface area (TPSA) is 0 Å².